The number of carbonyl (C=O) groups is 2. The molecule has 1 N–H and O–H groups in total. The van der Waals surface area contributed by atoms with Gasteiger partial charge in [-0.2, -0.15) is 0 Å². The molecule has 2 rings (SSSR count). The number of rotatable bonds is 3. The van der Waals surface area contributed by atoms with Crippen LogP contribution in [-0.2, 0) is 19.1 Å². The molecule has 0 aromatic heterocycles. The minimum absolute atomic E-state index is 0.221. The Balaban J connectivity index is 2.03. The Morgan fingerprint density at radius 1 is 1.37 bits per heavy atom. The number of carboxylic acids is 1. The molecule has 2 fully saturated rings. The first-order chi connectivity index (χ1) is 9.13. The Morgan fingerprint density at radius 3 is 2.74 bits per heavy atom. The van der Waals surface area contributed by atoms with Gasteiger partial charge in [-0.3, -0.25) is 4.79 Å². The van der Waals surface area contributed by atoms with Crippen molar-refractivity contribution in [2.24, 2.45) is 5.92 Å². The average molecular weight is 271 g/mol. The molecule has 3 atom stereocenters. The number of hydrogen-bond donors (Lipinski definition) is 1. The van der Waals surface area contributed by atoms with Gasteiger partial charge in [-0.25, -0.2) is 4.79 Å². The summed E-state index contributed by atoms with van der Waals surface area (Å²) >= 11 is 0. The van der Waals surface area contributed by atoms with E-state index in [2.05, 4.69) is 6.92 Å². The molecule has 0 aliphatic carbocycles. The lowest BCUT2D eigenvalue weighted by atomic mass is 9.88. The molecule has 0 aromatic carbocycles. The highest BCUT2D eigenvalue weighted by atomic mass is 16.6. The van der Waals surface area contributed by atoms with E-state index in [-0.39, 0.29) is 12.5 Å². The summed E-state index contributed by atoms with van der Waals surface area (Å²) in [6.45, 7) is 3.65. The van der Waals surface area contributed by atoms with Crippen molar-refractivity contribution in [3.63, 3.8) is 0 Å². The van der Waals surface area contributed by atoms with Gasteiger partial charge < -0.3 is 19.5 Å². The molecule has 0 saturated carbocycles. The number of piperidine rings is 1. The predicted octanol–water partition coefficient (Wildman–Crippen LogP) is 0.504. The van der Waals surface area contributed by atoms with Crippen molar-refractivity contribution in [1.82, 2.24) is 4.90 Å². The molecule has 6 heteroatoms. The molecule has 3 unspecified atom stereocenters. The van der Waals surface area contributed by atoms with Gasteiger partial charge in [0.1, 0.15) is 6.04 Å². The lowest BCUT2D eigenvalue weighted by Crippen LogP contribution is -2.55. The Bertz CT molecular complexity index is 340. The highest BCUT2D eigenvalue weighted by molar-refractivity contribution is 5.86. The van der Waals surface area contributed by atoms with Crippen LogP contribution in [0.2, 0.25) is 0 Å². The third-order valence-electron chi connectivity index (χ3n) is 3.95. The molecule has 6 nitrogen and oxygen atoms in total. The molecule has 0 bridgehead atoms. The smallest absolute Gasteiger partial charge is 0.326 e. The topological polar surface area (TPSA) is 76.1 Å². The minimum atomic E-state index is -0.928. The summed E-state index contributed by atoms with van der Waals surface area (Å²) in [7, 11) is 0. The molecular weight excluding hydrogens is 250 g/mol. The number of nitrogens with zero attached hydrogens (tertiary/aromatic N) is 1. The SMILES string of the molecule is CCC1CCN(C(=O)C2COCCO2)C(C(=O)O)C1. The highest BCUT2D eigenvalue weighted by Gasteiger charge is 2.39. The maximum Gasteiger partial charge on any atom is 0.326 e. The molecule has 2 aliphatic rings. The molecule has 0 aromatic rings. The molecule has 2 saturated heterocycles. The molecule has 0 spiro atoms. The summed E-state index contributed by atoms with van der Waals surface area (Å²) in [6.07, 6.45) is 1.70. The third-order valence-corrected chi connectivity index (χ3v) is 3.95. The van der Waals surface area contributed by atoms with Gasteiger partial charge in [-0.05, 0) is 18.8 Å². The minimum Gasteiger partial charge on any atom is -0.480 e. The summed E-state index contributed by atoms with van der Waals surface area (Å²) in [5.41, 5.74) is 0. The van der Waals surface area contributed by atoms with E-state index in [0.717, 1.165) is 12.8 Å². The van der Waals surface area contributed by atoms with Crippen LogP contribution in [0.5, 0.6) is 0 Å². The van der Waals surface area contributed by atoms with Crippen molar-refractivity contribution in [3.05, 3.63) is 0 Å². The van der Waals surface area contributed by atoms with E-state index in [4.69, 9.17) is 9.47 Å². The monoisotopic (exact) mass is 271 g/mol. The van der Waals surface area contributed by atoms with Gasteiger partial charge in [0.2, 0.25) is 0 Å². The van der Waals surface area contributed by atoms with Crippen molar-refractivity contribution < 1.29 is 24.2 Å². The zero-order valence-electron chi connectivity index (χ0n) is 11.2. The molecule has 108 valence electrons. The number of amides is 1. The quantitative estimate of drug-likeness (QED) is 0.809. The summed E-state index contributed by atoms with van der Waals surface area (Å²) in [4.78, 5) is 25.1. The Kier molecular flexibility index (Phi) is 4.76. The van der Waals surface area contributed by atoms with Crippen LogP contribution in [0.3, 0.4) is 0 Å². The molecule has 0 radical (unpaired) electrons. The first kappa shape index (κ1) is 14.3. The van der Waals surface area contributed by atoms with Crippen LogP contribution < -0.4 is 0 Å². The fourth-order valence-corrected chi connectivity index (χ4v) is 2.72. The van der Waals surface area contributed by atoms with E-state index in [1.54, 1.807) is 0 Å². The van der Waals surface area contributed by atoms with Gasteiger partial charge in [0.05, 0.1) is 19.8 Å². The summed E-state index contributed by atoms with van der Waals surface area (Å²) in [5, 5.41) is 9.30. The largest absolute Gasteiger partial charge is 0.480 e. The van der Waals surface area contributed by atoms with E-state index in [1.165, 1.54) is 4.90 Å². The summed E-state index contributed by atoms with van der Waals surface area (Å²) in [6, 6.07) is -0.725. The number of carboxylic acid groups (broad SMARTS) is 1. The Labute approximate surface area is 112 Å². The Morgan fingerprint density at radius 2 is 2.16 bits per heavy atom. The predicted molar refractivity (Wildman–Crippen MR) is 66.7 cm³/mol. The van der Waals surface area contributed by atoms with E-state index in [0.29, 0.717) is 32.1 Å². The molecule has 1 amide bonds. The lowest BCUT2D eigenvalue weighted by molar-refractivity contribution is -0.168. The van der Waals surface area contributed by atoms with Crippen LogP contribution in [0.15, 0.2) is 0 Å². The van der Waals surface area contributed by atoms with Crippen LogP contribution in [0, 0.1) is 5.92 Å². The number of hydrogen-bond acceptors (Lipinski definition) is 4. The second kappa shape index (κ2) is 6.34. The van der Waals surface area contributed by atoms with E-state index >= 15 is 0 Å². The number of aliphatic carboxylic acids is 1. The number of likely N-dealkylation sites (tertiary alicyclic amines) is 1. The number of ether oxygens (including phenoxy) is 2. The fourth-order valence-electron chi connectivity index (χ4n) is 2.72. The van der Waals surface area contributed by atoms with Gasteiger partial charge in [-0.15, -0.1) is 0 Å². The van der Waals surface area contributed by atoms with Crippen LogP contribution in [0.4, 0.5) is 0 Å². The van der Waals surface area contributed by atoms with Crippen molar-refractivity contribution in [1.29, 1.82) is 0 Å². The zero-order chi connectivity index (χ0) is 13.8. The van der Waals surface area contributed by atoms with Gasteiger partial charge in [0, 0.05) is 6.54 Å². The van der Waals surface area contributed by atoms with E-state index in [1.807, 2.05) is 0 Å². The van der Waals surface area contributed by atoms with Crippen molar-refractivity contribution in [2.45, 2.75) is 38.3 Å². The van der Waals surface area contributed by atoms with Crippen molar-refractivity contribution in [2.75, 3.05) is 26.4 Å². The second-order valence-corrected chi connectivity index (χ2v) is 5.12. The van der Waals surface area contributed by atoms with Gasteiger partial charge in [-0.1, -0.05) is 13.3 Å². The fraction of sp³-hybridized carbons (Fsp3) is 0.846. The van der Waals surface area contributed by atoms with Crippen LogP contribution in [0.25, 0.3) is 0 Å². The maximum absolute atomic E-state index is 12.3. The summed E-state index contributed by atoms with van der Waals surface area (Å²) in [5.74, 6) is -0.793. The second-order valence-electron chi connectivity index (χ2n) is 5.12. The van der Waals surface area contributed by atoms with Crippen LogP contribution >= 0.6 is 0 Å². The van der Waals surface area contributed by atoms with Crippen LogP contribution in [-0.4, -0.2) is 60.4 Å². The van der Waals surface area contributed by atoms with E-state index in [9.17, 15) is 14.7 Å². The van der Waals surface area contributed by atoms with Gasteiger partial charge >= 0.3 is 5.97 Å². The number of carbonyl (C=O) groups excluding carboxylic acids is 1. The van der Waals surface area contributed by atoms with Crippen molar-refractivity contribution in [3.8, 4) is 0 Å². The third kappa shape index (κ3) is 3.25. The normalized spacial score (nSPS) is 32.1. The van der Waals surface area contributed by atoms with E-state index < -0.39 is 18.1 Å². The van der Waals surface area contributed by atoms with Crippen LogP contribution in [0.1, 0.15) is 26.2 Å². The highest BCUT2D eigenvalue weighted by Crippen LogP contribution is 2.26. The zero-order valence-corrected chi connectivity index (χ0v) is 11.2. The Hall–Kier alpha value is -1.14. The lowest BCUT2D eigenvalue weighted by Gasteiger charge is -2.39. The first-order valence-electron chi connectivity index (χ1n) is 6.86. The van der Waals surface area contributed by atoms with Crippen molar-refractivity contribution >= 4 is 11.9 Å². The molecule has 2 aliphatic heterocycles. The molecule has 19 heavy (non-hydrogen) atoms. The standard InChI is InChI=1S/C13H21NO5/c1-2-9-3-4-14(10(7-9)13(16)17)12(15)11-8-18-5-6-19-11/h9-11H,2-8H2,1H3,(H,16,17). The van der Waals surface area contributed by atoms with Gasteiger partial charge in [0.25, 0.3) is 5.91 Å². The first-order valence-corrected chi connectivity index (χ1v) is 6.86. The molecule has 2 heterocycles. The van der Waals surface area contributed by atoms with Gasteiger partial charge in [0.15, 0.2) is 6.10 Å². The summed E-state index contributed by atoms with van der Waals surface area (Å²) < 4.78 is 10.6. The average Bonchev–Trinajstić information content (AvgIpc) is 2.46. The maximum atomic E-state index is 12.3. The molecular formula is C13H21NO5.